The zero-order valence-electron chi connectivity index (χ0n) is 12.7. The monoisotopic (exact) mass is 301 g/mol. The van der Waals surface area contributed by atoms with Gasteiger partial charge in [0.1, 0.15) is 5.56 Å². The molecular formula is C17H23N3O2. The van der Waals surface area contributed by atoms with E-state index in [1.165, 1.54) is 0 Å². The number of hydrogen-bond donors (Lipinski definition) is 2. The molecule has 2 atom stereocenters. The third-order valence-electron chi connectivity index (χ3n) is 5.55. The van der Waals surface area contributed by atoms with Gasteiger partial charge in [-0.1, -0.05) is 0 Å². The van der Waals surface area contributed by atoms with Gasteiger partial charge in [-0.05, 0) is 62.5 Å². The predicted molar refractivity (Wildman–Crippen MR) is 83.7 cm³/mol. The molecule has 22 heavy (non-hydrogen) atoms. The van der Waals surface area contributed by atoms with Crippen molar-refractivity contribution in [3.8, 4) is 0 Å². The van der Waals surface area contributed by atoms with Crippen LogP contribution in [0.15, 0.2) is 23.1 Å². The fourth-order valence-electron chi connectivity index (χ4n) is 4.37. The summed E-state index contributed by atoms with van der Waals surface area (Å²) in [6.45, 7) is 0. The summed E-state index contributed by atoms with van der Waals surface area (Å²) in [4.78, 5) is 24.8. The number of amides is 1. The number of fused-ring (bicyclic) bond motifs is 1. The summed E-state index contributed by atoms with van der Waals surface area (Å²) in [7, 11) is 0. The van der Waals surface area contributed by atoms with Crippen LogP contribution in [0, 0.1) is 11.8 Å². The Hall–Kier alpha value is -1.62. The predicted octanol–water partition coefficient (Wildman–Crippen LogP) is 1.43. The standard InChI is InChI=1S/C17H23N3O2/c18-12-6-10-8-13(9-11(10)7-12)19-16(21)15-2-1-5-20(17(15)22)14-3-4-14/h1-2,5,10-14H,3-4,6-9,18H2,(H,19,21). The lowest BCUT2D eigenvalue weighted by Gasteiger charge is -2.15. The molecule has 0 radical (unpaired) electrons. The van der Waals surface area contributed by atoms with Crippen LogP contribution in [0.4, 0.5) is 0 Å². The smallest absolute Gasteiger partial charge is 0.263 e. The van der Waals surface area contributed by atoms with Crippen LogP contribution < -0.4 is 16.6 Å². The van der Waals surface area contributed by atoms with Crippen molar-refractivity contribution in [2.24, 2.45) is 17.6 Å². The second-order valence-electron chi connectivity index (χ2n) is 7.26. The summed E-state index contributed by atoms with van der Waals surface area (Å²) >= 11 is 0. The van der Waals surface area contributed by atoms with Crippen molar-refractivity contribution < 1.29 is 4.79 Å². The van der Waals surface area contributed by atoms with Gasteiger partial charge < -0.3 is 15.6 Å². The highest BCUT2D eigenvalue weighted by Crippen LogP contribution is 2.43. The van der Waals surface area contributed by atoms with E-state index in [4.69, 9.17) is 5.73 Å². The Balaban J connectivity index is 1.45. The van der Waals surface area contributed by atoms with Gasteiger partial charge in [-0.15, -0.1) is 0 Å². The molecule has 0 saturated heterocycles. The number of hydrogen-bond acceptors (Lipinski definition) is 3. The van der Waals surface area contributed by atoms with E-state index in [0.29, 0.717) is 23.9 Å². The molecule has 1 aromatic rings. The maximum Gasteiger partial charge on any atom is 0.263 e. The summed E-state index contributed by atoms with van der Waals surface area (Å²) in [6, 6.07) is 4.28. The molecule has 0 aromatic carbocycles. The summed E-state index contributed by atoms with van der Waals surface area (Å²) in [5, 5.41) is 3.07. The van der Waals surface area contributed by atoms with E-state index in [-0.39, 0.29) is 23.1 Å². The van der Waals surface area contributed by atoms with Gasteiger partial charge in [-0.2, -0.15) is 0 Å². The van der Waals surface area contributed by atoms with Gasteiger partial charge in [0.25, 0.3) is 11.5 Å². The first-order valence-electron chi connectivity index (χ1n) is 8.39. The van der Waals surface area contributed by atoms with Crippen LogP contribution in [0.25, 0.3) is 0 Å². The molecular weight excluding hydrogens is 278 g/mol. The minimum absolute atomic E-state index is 0.150. The van der Waals surface area contributed by atoms with E-state index in [1.54, 1.807) is 22.9 Å². The van der Waals surface area contributed by atoms with Crippen LogP contribution >= 0.6 is 0 Å². The molecule has 118 valence electrons. The highest BCUT2D eigenvalue weighted by Gasteiger charge is 2.41. The van der Waals surface area contributed by atoms with Gasteiger partial charge in [0.15, 0.2) is 0 Å². The van der Waals surface area contributed by atoms with Crippen LogP contribution in [0.2, 0.25) is 0 Å². The average Bonchev–Trinajstić information content (AvgIpc) is 3.16. The third-order valence-corrected chi connectivity index (χ3v) is 5.55. The van der Waals surface area contributed by atoms with Crippen molar-refractivity contribution in [3.05, 3.63) is 34.2 Å². The normalized spacial score (nSPS) is 33.7. The highest BCUT2D eigenvalue weighted by atomic mass is 16.2. The Morgan fingerprint density at radius 1 is 1.18 bits per heavy atom. The lowest BCUT2D eigenvalue weighted by Crippen LogP contribution is -2.38. The number of nitrogens with two attached hydrogens (primary N) is 1. The van der Waals surface area contributed by atoms with Crippen molar-refractivity contribution in [3.63, 3.8) is 0 Å². The number of carbonyl (C=O) groups is 1. The van der Waals surface area contributed by atoms with Crippen LogP contribution in [-0.4, -0.2) is 22.6 Å². The second-order valence-corrected chi connectivity index (χ2v) is 7.26. The zero-order valence-corrected chi connectivity index (χ0v) is 12.7. The van der Waals surface area contributed by atoms with Crippen LogP contribution in [0.1, 0.15) is 54.9 Å². The highest BCUT2D eigenvalue weighted by molar-refractivity contribution is 5.94. The van der Waals surface area contributed by atoms with Crippen molar-refractivity contribution in [2.75, 3.05) is 0 Å². The summed E-state index contributed by atoms with van der Waals surface area (Å²) in [6.07, 6.45) is 8.04. The van der Waals surface area contributed by atoms with Crippen molar-refractivity contribution in [1.82, 2.24) is 9.88 Å². The van der Waals surface area contributed by atoms with Crippen molar-refractivity contribution in [1.29, 1.82) is 0 Å². The van der Waals surface area contributed by atoms with E-state index in [2.05, 4.69) is 5.32 Å². The van der Waals surface area contributed by atoms with Gasteiger partial charge >= 0.3 is 0 Å². The Morgan fingerprint density at radius 3 is 2.50 bits per heavy atom. The van der Waals surface area contributed by atoms with Gasteiger partial charge in [0.2, 0.25) is 0 Å². The molecule has 3 aliphatic carbocycles. The molecule has 1 heterocycles. The van der Waals surface area contributed by atoms with Crippen molar-refractivity contribution in [2.45, 2.75) is 56.7 Å². The zero-order chi connectivity index (χ0) is 15.3. The molecule has 3 fully saturated rings. The van der Waals surface area contributed by atoms with E-state index in [0.717, 1.165) is 38.5 Å². The van der Waals surface area contributed by atoms with E-state index in [9.17, 15) is 9.59 Å². The first kappa shape index (κ1) is 14.0. The maximum atomic E-state index is 12.5. The number of pyridine rings is 1. The topological polar surface area (TPSA) is 77.1 Å². The van der Waals surface area contributed by atoms with E-state index >= 15 is 0 Å². The van der Waals surface area contributed by atoms with E-state index in [1.807, 2.05) is 0 Å². The lowest BCUT2D eigenvalue weighted by molar-refractivity contribution is 0.0934. The number of nitrogens with zero attached hydrogens (tertiary/aromatic N) is 1. The molecule has 1 amide bonds. The van der Waals surface area contributed by atoms with Crippen molar-refractivity contribution >= 4 is 5.91 Å². The van der Waals surface area contributed by atoms with Gasteiger partial charge in [0.05, 0.1) is 0 Å². The third kappa shape index (κ3) is 2.47. The Labute approximate surface area is 129 Å². The Morgan fingerprint density at radius 2 is 1.86 bits per heavy atom. The number of rotatable bonds is 3. The largest absolute Gasteiger partial charge is 0.349 e. The van der Waals surface area contributed by atoms with Gasteiger partial charge in [-0.3, -0.25) is 9.59 Å². The minimum atomic E-state index is -0.214. The Kier molecular flexibility index (Phi) is 3.33. The molecule has 5 heteroatoms. The number of nitrogens with one attached hydrogen (secondary N) is 1. The Bertz CT molecular complexity index is 636. The van der Waals surface area contributed by atoms with Crippen LogP contribution in [0.5, 0.6) is 0 Å². The fourth-order valence-corrected chi connectivity index (χ4v) is 4.37. The first-order chi connectivity index (χ1) is 10.6. The molecule has 3 saturated carbocycles. The second kappa shape index (κ2) is 5.23. The van der Waals surface area contributed by atoms with Gasteiger partial charge in [0, 0.05) is 24.3 Å². The molecule has 3 aliphatic rings. The molecule has 1 aromatic heterocycles. The fraction of sp³-hybridized carbons (Fsp3) is 0.647. The first-order valence-corrected chi connectivity index (χ1v) is 8.39. The van der Waals surface area contributed by atoms with Crippen LogP contribution in [0.3, 0.4) is 0 Å². The quantitative estimate of drug-likeness (QED) is 0.886. The SMILES string of the molecule is NC1CC2CC(NC(=O)c3cccn(C4CC4)c3=O)CC2C1. The molecule has 0 spiro atoms. The number of carbonyl (C=O) groups excluding carboxylic acids is 1. The molecule has 0 aliphatic heterocycles. The number of aromatic nitrogens is 1. The average molecular weight is 301 g/mol. The maximum absolute atomic E-state index is 12.5. The molecule has 4 rings (SSSR count). The summed E-state index contributed by atoms with van der Waals surface area (Å²) in [5.41, 5.74) is 6.13. The van der Waals surface area contributed by atoms with E-state index < -0.39 is 0 Å². The van der Waals surface area contributed by atoms with Gasteiger partial charge in [-0.25, -0.2) is 0 Å². The molecule has 2 unspecified atom stereocenters. The summed E-state index contributed by atoms with van der Waals surface area (Å²) < 4.78 is 1.71. The minimum Gasteiger partial charge on any atom is -0.349 e. The van der Waals surface area contributed by atoms with Crippen LogP contribution in [-0.2, 0) is 0 Å². The molecule has 5 nitrogen and oxygen atoms in total. The lowest BCUT2D eigenvalue weighted by atomic mass is 10.0. The summed E-state index contributed by atoms with van der Waals surface area (Å²) in [5.74, 6) is 1.09. The molecule has 3 N–H and O–H groups in total. The molecule has 0 bridgehead atoms.